The van der Waals surface area contributed by atoms with E-state index in [1.807, 2.05) is 30.7 Å². The van der Waals surface area contributed by atoms with Crippen LogP contribution < -0.4 is 9.80 Å². The molecule has 20 aromatic rings. The van der Waals surface area contributed by atoms with Crippen molar-refractivity contribution in [3.05, 3.63) is 425 Å². The topological polar surface area (TPSA) is 32.3 Å². The molecule has 4 nitrogen and oxygen atoms in total. The van der Waals surface area contributed by atoms with E-state index in [-0.39, 0.29) is 0 Å². The van der Waals surface area contributed by atoms with E-state index in [1.165, 1.54) is 143 Å². The van der Waals surface area contributed by atoms with Crippen LogP contribution in [0.5, 0.6) is 0 Å². The molecule has 4 heteroatoms. The third kappa shape index (κ3) is 11.0. The molecule has 2 aliphatic carbocycles. The highest BCUT2D eigenvalue weighted by molar-refractivity contribution is 6.31. The summed E-state index contributed by atoms with van der Waals surface area (Å²) < 4.78 is 0. The largest absolute Gasteiger partial charge is 0.310 e. The molecular weight excluding hydrogens is 1380 g/mol. The second-order valence-electron chi connectivity index (χ2n) is 29.7. The molecular formula is C110H70N4. The SMILES string of the molecule is c1ccc(-c2c3c(c(-c4ccccc4)c4ccccc24)-c2ccc(-c4cccc(N(c5ccc(-c6ccncc6)cc5)c5ccc(-c6ccc7c(-c8ccccc8)c8c(c(-c9ccccc9)c7c6)-c6cccc7c(-c9cccc(N(c%10ccccc%10)c%10cccc(-c%11ccccn%11)c%10)c9)ccc-8c67)cc5)c4)c4cccc-3c24)cc1. The van der Waals surface area contributed by atoms with E-state index in [0.29, 0.717) is 0 Å². The lowest BCUT2D eigenvalue weighted by molar-refractivity contribution is 1.27. The quantitative estimate of drug-likeness (QED) is 0.102. The highest BCUT2D eigenvalue weighted by Crippen LogP contribution is 2.61. The Balaban J connectivity index is 0.672. The van der Waals surface area contributed by atoms with Crippen molar-refractivity contribution in [3.63, 3.8) is 0 Å². The number of aromatic nitrogens is 2. The average molecular weight is 1450 g/mol. The van der Waals surface area contributed by atoms with Crippen LogP contribution in [0.4, 0.5) is 34.1 Å². The second-order valence-corrected chi connectivity index (χ2v) is 29.7. The molecule has 22 rings (SSSR count). The van der Waals surface area contributed by atoms with E-state index in [1.54, 1.807) is 0 Å². The van der Waals surface area contributed by atoms with Gasteiger partial charge < -0.3 is 9.80 Å². The van der Waals surface area contributed by atoms with Gasteiger partial charge >= 0.3 is 0 Å². The van der Waals surface area contributed by atoms with Gasteiger partial charge in [0.05, 0.1) is 5.69 Å². The van der Waals surface area contributed by atoms with Gasteiger partial charge in [0.2, 0.25) is 0 Å². The molecule has 18 aromatic carbocycles. The molecule has 2 aliphatic rings. The number of hydrogen-bond acceptors (Lipinski definition) is 4. The zero-order chi connectivity index (χ0) is 75.2. The molecule has 0 spiro atoms. The Bertz CT molecular complexity index is 7060. The average Bonchev–Trinajstić information content (AvgIpc) is 1.56. The Morgan fingerprint density at radius 2 is 0.482 bits per heavy atom. The molecule has 0 N–H and O–H groups in total. The lowest BCUT2D eigenvalue weighted by Gasteiger charge is -2.26. The Morgan fingerprint density at radius 3 is 0.947 bits per heavy atom. The molecule has 2 heterocycles. The first-order valence-corrected chi connectivity index (χ1v) is 39.2. The molecule has 2 aromatic heterocycles. The van der Waals surface area contributed by atoms with Crippen LogP contribution in [0.1, 0.15) is 0 Å². The van der Waals surface area contributed by atoms with Gasteiger partial charge in [-0.1, -0.05) is 303 Å². The molecule has 0 atom stereocenters. The van der Waals surface area contributed by atoms with Gasteiger partial charge in [-0.15, -0.1) is 0 Å². The molecule has 0 saturated carbocycles. The minimum absolute atomic E-state index is 0.936. The first kappa shape index (κ1) is 65.9. The third-order valence-electron chi connectivity index (χ3n) is 23.4. The predicted octanol–water partition coefficient (Wildman–Crippen LogP) is 30.3. The molecule has 0 amide bonds. The molecule has 114 heavy (non-hydrogen) atoms. The number of nitrogens with zero attached hydrogens (tertiary/aromatic N) is 4. The number of rotatable bonds is 15. The highest BCUT2D eigenvalue weighted by atomic mass is 15.1. The van der Waals surface area contributed by atoms with Crippen LogP contribution in [-0.2, 0) is 0 Å². The number of benzene rings is 18. The molecule has 0 saturated heterocycles. The highest BCUT2D eigenvalue weighted by Gasteiger charge is 2.34. The summed E-state index contributed by atoms with van der Waals surface area (Å²) in [6.45, 7) is 0. The van der Waals surface area contributed by atoms with Crippen molar-refractivity contribution in [2.75, 3.05) is 9.80 Å². The Hall–Kier alpha value is -15.1. The molecule has 0 radical (unpaired) electrons. The van der Waals surface area contributed by atoms with Gasteiger partial charge in [-0.25, -0.2) is 0 Å². The van der Waals surface area contributed by atoms with Crippen molar-refractivity contribution in [1.29, 1.82) is 0 Å². The number of anilines is 6. The maximum absolute atomic E-state index is 4.74. The van der Waals surface area contributed by atoms with Crippen molar-refractivity contribution < 1.29 is 0 Å². The summed E-state index contributed by atoms with van der Waals surface area (Å²) in [5.74, 6) is 0. The predicted molar refractivity (Wildman–Crippen MR) is 479 cm³/mol. The van der Waals surface area contributed by atoms with Crippen molar-refractivity contribution in [2.45, 2.75) is 0 Å². The third-order valence-corrected chi connectivity index (χ3v) is 23.4. The van der Waals surface area contributed by atoms with Gasteiger partial charge in [0.1, 0.15) is 0 Å². The fourth-order valence-electron chi connectivity index (χ4n) is 18.5. The Labute approximate surface area is 662 Å². The van der Waals surface area contributed by atoms with Gasteiger partial charge in [0, 0.05) is 58.3 Å². The van der Waals surface area contributed by atoms with Crippen LogP contribution in [0.25, 0.3) is 188 Å². The van der Waals surface area contributed by atoms with Gasteiger partial charge in [-0.05, 0) is 280 Å². The van der Waals surface area contributed by atoms with Crippen molar-refractivity contribution in [2.24, 2.45) is 0 Å². The Kier molecular flexibility index (Phi) is 15.9. The summed E-state index contributed by atoms with van der Waals surface area (Å²) in [5.41, 5.74) is 37.4. The lowest BCUT2D eigenvalue weighted by Crippen LogP contribution is -2.10. The standard InChI is InChI=1S/C110H70N4/c1-6-25-74(26-7-1)101-92-41-16-17-42-93(92)102(75-27-8-2-9-28-75)109-97-60-58-88(90-43-23-45-95(105(90)97)107(101)109)79-33-20-38-85(67-79)113(83-53-48-71(49-54-83)73-62-65-111-66-63-73)84-55-50-72(51-56-84)78-52-57-94-99(70-78)104(77-31-12-4-13-32-77)108-96-46-24-44-91-89(59-61-98(106(91)96)110(108)103(94)76-29-10-3-11-30-76)80-34-21-39-86(68-80)114(82-36-14-5-15-37-82)87-40-22-35-81(69-87)100-47-18-19-64-112-100/h1-70H. The van der Waals surface area contributed by atoms with Crippen LogP contribution in [0.2, 0.25) is 0 Å². The summed E-state index contributed by atoms with van der Waals surface area (Å²) in [7, 11) is 0. The van der Waals surface area contributed by atoms with Crippen LogP contribution in [0.3, 0.4) is 0 Å². The number of fused-ring (bicyclic) bond motifs is 8. The van der Waals surface area contributed by atoms with Crippen molar-refractivity contribution >= 4 is 77.2 Å². The van der Waals surface area contributed by atoms with E-state index in [4.69, 9.17) is 4.98 Å². The summed E-state index contributed by atoms with van der Waals surface area (Å²) in [5, 5.41) is 9.90. The second kappa shape index (κ2) is 27.5. The summed E-state index contributed by atoms with van der Waals surface area (Å²) in [4.78, 5) is 13.9. The number of para-hydroxylation sites is 1. The first-order chi connectivity index (χ1) is 56.6. The smallest absolute Gasteiger partial charge is 0.0702 e. The maximum atomic E-state index is 4.74. The van der Waals surface area contributed by atoms with E-state index in [0.717, 1.165) is 78.8 Å². The van der Waals surface area contributed by atoms with E-state index in [2.05, 4.69) is 409 Å². The van der Waals surface area contributed by atoms with Crippen molar-refractivity contribution in [3.8, 4) is 145 Å². The monoisotopic (exact) mass is 1450 g/mol. The molecule has 530 valence electrons. The van der Waals surface area contributed by atoms with Gasteiger partial charge in [-0.3, -0.25) is 9.97 Å². The zero-order valence-electron chi connectivity index (χ0n) is 62.2. The molecule has 0 unspecified atom stereocenters. The first-order valence-electron chi connectivity index (χ1n) is 39.2. The summed E-state index contributed by atoms with van der Waals surface area (Å²) in [6, 6.07) is 150. The lowest BCUT2D eigenvalue weighted by atomic mass is 9.82. The maximum Gasteiger partial charge on any atom is 0.0702 e. The van der Waals surface area contributed by atoms with Gasteiger partial charge in [-0.2, -0.15) is 0 Å². The van der Waals surface area contributed by atoms with Crippen LogP contribution in [0, 0.1) is 0 Å². The minimum Gasteiger partial charge on any atom is -0.310 e. The van der Waals surface area contributed by atoms with Gasteiger partial charge in [0.15, 0.2) is 0 Å². The summed E-state index contributed by atoms with van der Waals surface area (Å²) >= 11 is 0. The van der Waals surface area contributed by atoms with Crippen LogP contribution in [-0.4, -0.2) is 9.97 Å². The molecule has 0 bridgehead atoms. The fraction of sp³-hybridized carbons (Fsp3) is 0. The molecule has 0 aliphatic heterocycles. The number of pyridine rings is 2. The van der Waals surface area contributed by atoms with Crippen LogP contribution in [0.15, 0.2) is 425 Å². The Morgan fingerprint density at radius 1 is 0.158 bits per heavy atom. The van der Waals surface area contributed by atoms with E-state index in [9.17, 15) is 0 Å². The zero-order valence-corrected chi connectivity index (χ0v) is 62.2. The summed E-state index contributed by atoms with van der Waals surface area (Å²) in [6.07, 6.45) is 5.59. The van der Waals surface area contributed by atoms with E-state index < -0.39 is 0 Å². The minimum atomic E-state index is 0.936. The van der Waals surface area contributed by atoms with Gasteiger partial charge in [0.25, 0.3) is 0 Å². The van der Waals surface area contributed by atoms with Crippen LogP contribution >= 0.6 is 0 Å². The normalized spacial score (nSPS) is 11.7. The van der Waals surface area contributed by atoms with E-state index >= 15 is 0 Å². The van der Waals surface area contributed by atoms with Crippen molar-refractivity contribution in [1.82, 2.24) is 9.97 Å². The number of hydrogen-bond donors (Lipinski definition) is 0. The fourth-order valence-corrected chi connectivity index (χ4v) is 18.5. The molecule has 0 fully saturated rings.